The lowest BCUT2D eigenvalue weighted by Gasteiger charge is -2.02. The third-order valence-electron chi connectivity index (χ3n) is 1.45. The fraction of sp³-hybridized carbons (Fsp3) is 0.300. The summed E-state index contributed by atoms with van der Waals surface area (Å²) in [4.78, 5) is 11.5. The lowest BCUT2D eigenvalue weighted by atomic mass is 10.2. The van der Waals surface area contributed by atoms with Crippen molar-refractivity contribution in [3.05, 3.63) is 29.3 Å². The highest BCUT2D eigenvalue weighted by Gasteiger charge is 1.99. The van der Waals surface area contributed by atoms with Crippen molar-refractivity contribution in [3.63, 3.8) is 0 Å². The second-order valence-corrected chi connectivity index (χ2v) is 3.79. The van der Waals surface area contributed by atoms with Gasteiger partial charge in [-0.1, -0.05) is 6.07 Å². The summed E-state index contributed by atoms with van der Waals surface area (Å²) in [5, 5.41) is 0. The van der Waals surface area contributed by atoms with Crippen molar-refractivity contribution >= 4 is 18.0 Å². The van der Waals surface area contributed by atoms with Gasteiger partial charge < -0.3 is 4.18 Å². The van der Waals surface area contributed by atoms with Crippen LogP contribution in [0.2, 0.25) is 0 Å². The molecule has 0 fully saturated rings. The van der Waals surface area contributed by atoms with Crippen LogP contribution in [0.15, 0.2) is 23.1 Å². The van der Waals surface area contributed by atoms with E-state index in [1.54, 1.807) is 0 Å². The molecule has 13 heavy (non-hydrogen) atoms. The molecular formula is C10H12O2S. The molecule has 3 heteroatoms. The third kappa shape index (κ3) is 3.51. The molecule has 0 bridgehead atoms. The normalized spacial score (nSPS) is 9.77. The number of carbonyl (C=O) groups is 1. The molecule has 0 aromatic heterocycles. The van der Waals surface area contributed by atoms with Gasteiger partial charge in [0, 0.05) is 11.8 Å². The second kappa shape index (κ2) is 4.33. The van der Waals surface area contributed by atoms with Crippen molar-refractivity contribution < 1.29 is 8.98 Å². The van der Waals surface area contributed by atoms with Crippen LogP contribution in [0.4, 0.5) is 0 Å². The predicted molar refractivity (Wildman–Crippen MR) is 53.5 cm³/mol. The van der Waals surface area contributed by atoms with Gasteiger partial charge in [-0.25, -0.2) is 0 Å². The molecule has 0 aliphatic rings. The van der Waals surface area contributed by atoms with Crippen LogP contribution < -0.4 is 0 Å². The Bertz CT molecular complexity index is 300. The molecule has 0 amide bonds. The predicted octanol–water partition coefficient (Wildman–Crippen LogP) is 2.87. The highest BCUT2D eigenvalue weighted by Crippen LogP contribution is 2.21. The fourth-order valence-corrected chi connectivity index (χ4v) is 1.77. The Balaban J connectivity index is 2.71. The lowest BCUT2D eigenvalue weighted by molar-refractivity contribution is -0.130. The molecule has 0 aliphatic carbocycles. The number of benzene rings is 1. The number of hydrogen-bond acceptors (Lipinski definition) is 3. The van der Waals surface area contributed by atoms with Crippen LogP contribution in [0.25, 0.3) is 0 Å². The van der Waals surface area contributed by atoms with Gasteiger partial charge in [0.05, 0.1) is 12.0 Å². The SMILES string of the molecule is CC(=O)OSc1cc(C)cc(C)c1. The summed E-state index contributed by atoms with van der Waals surface area (Å²) in [5.74, 6) is -0.274. The molecule has 0 heterocycles. The summed E-state index contributed by atoms with van der Waals surface area (Å²) in [5.41, 5.74) is 2.35. The monoisotopic (exact) mass is 196 g/mol. The molecule has 0 atom stereocenters. The van der Waals surface area contributed by atoms with E-state index in [2.05, 4.69) is 6.07 Å². The summed E-state index contributed by atoms with van der Waals surface area (Å²) in [6, 6.07) is 6.05. The molecule has 70 valence electrons. The zero-order valence-corrected chi connectivity index (χ0v) is 8.77. The summed E-state index contributed by atoms with van der Waals surface area (Å²) in [7, 11) is 0. The number of carbonyl (C=O) groups excluding carboxylic acids is 1. The zero-order chi connectivity index (χ0) is 9.84. The first-order valence-electron chi connectivity index (χ1n) is 4.01. The van der Waals surface area contributed by atoms with Crippen molar-refractivity contribution in [3.8, 4) is 0 Å². The van der Waals surface area contributed by atoms with Crippen molar-refractivity contribution in [2.24, 2.45) is 0 Å². The van der Waals surface area contributed by atoms with E-state index in [0.717, 1.165) is 16.9 Å². The minimum absolute atomic E-state index is 0.274. The minimum Gasteiger partial charge on any atom is -0.386 e. The fourth-order valence-electron chi connectivity index (χ4n) is 1.09. The van der Waals surface area contributed by atoms with E-state index in [4.69, 9.17) is 4.18 Å². The van der Waals surface area contributed by atoms with Gasteiger partial charge in [0.1, 0.15) is 0 Å². The lowest BCUT2D eigenvalue weighted by Crippen LogP contribution is -1.89. The van der Waals surface area contributed by atoms with E-state index >= 15 is 0 Å². The van der Waals surface area contributed by atoms with E-state index in [1.165, 1.54) is 18.1 Å². The molecule has 0 saturated carbocycles. The molecule has 0 spiro atoms. The Morgan fingerprint density at radius 2 is 1.77 bits per heavy atom. The maximum Gasteiger partial charge on any atom is 0.315 e. The Morgan fingerprint density at radius 3 is 2.23 bits per heavy atom. The van der Waals surface area contributed by atoms with E-state index in [1.807, 2.05) is 26.0 Å². The van der Waals surface area contributed by atoms with Crippen molar-refractivity contribution in [1.29, 1.82) is 0 Å². The van der Waals surface area contributed by atoms with Crippen LogP contribution in [-0.4, -0.2) is 5.97 Å². The maximum absolute atomic E-state index is 10.5. The van der Waals surface area contributed by atoms with Gasteiger partial charge in [0.25, 0.3) is 0 Å². The van der Waals surface area contributed by atoms with Gasteiger partial charge >= 0.3 is 5.97 Å². The van der Waals surface area contributed by atoms with Crippen LogP contribution in [-0.2, 0) is 8.98 Å². The summed E-state index contributed by atoms with van der Waals surface area (Å²) in [6.45, 7) is 5.44. The molecule has 0 N–H and O–H groups in total. The first kappa shape index (κ1) is 10.1. The molecular weight excluding hydrogens is 184 g/mol. The Morgan fingerprint density at radius 1 is 1.23 bits per heavy atom. The van der Waals surface area contributed by atoms with E-state index in [0.29, 0.717) is 0 Å². The number of aryl methyl sites for hydroxylation is 2. The standard InChI is InChI=1S/C10H12O2S/c1-7-4-8(2)6-10(5-7)13-12-9(3)11/h4-6H,1-3H3. The molecule has 0 aliphatic heterocycles. The van der Waals surface area contributed by atoms with Crippen LogP contribution in [0.5, 0.6) is 0 Å². The first-order valence-corrected chi connectivity index (χ1v) is 4.75. The second-order valence-electron chi connectivity index (χ2n) is 2.98. The van der Waals surface area contributed by atoms with Crippen LogP contribution in [0.3, 0.4) is 0 Å². The van der Waals surface area contributed by atoms with Gasteiger partial charge in [0.15, 0.2) is 0 Å². The van der Waals surface area contributed by atoms with E-state index < -0.39 is 0 Å². The molecule has 0 radical (unpaired) electrons. The first-order chi connectivity index (χ1) is 6.08. The Kier molecular flexibility index (Phi) is 3.37. The van der Waals surface area contributed by atoms with Gasteiger partial charge in [-0.05, 0) is 37.1 Å². The summed E-state index contributed by atoms with van der Waals surface area (Å²) < 4.78 is 4.82. The van der Waals surface area contributed by atoms with Crippen molar-refractivity contribution in [1.82, 2.24) is 0 Å². The maximum atomic E-state index is 10.5. The summed E-state index contributed by atoms with van der Waals surface area (Å²) >= 11 is 1.11. The molecule has 0 unspecified atom stereocenters. The van der Waals surface area contributed by atoms with Crippen LogP contribution in [0, 0.1) is 13.8 Å². The zero-order valence-electron chi connectivity index (χ0n) is 7.96. The number of hydrogen-bond donors (Lipinski definition) is 0. The largest absolute Gasteiger partial charge is 0.386 e. The van der Waals surface area contributed by atoms with E-state index in [9.17, 15) is 4.79 Å². The minimum atomic E-state index is -0.274. The van der Waals surface area contributed by atoms with Crippen molar-refractivity contribution in [2.45, 2.75) is 25.7 Å². The third-order valence-corrected chi connectivity index (χ3v) is 2.20. The topological polar surface area (TPSA) is 26.3 Å². The van der Waals surface area contributed by atoms with Gasteiger partial charge in [0.2, 0.25) is 0 Å². The Hall–Kier alpha value is -0.960. The van der Waals surface area contributed by atoms with E-state index in [-0.39, 0.29) is 5.97 Å². The highest BCUT2D eigenvalue weighted by atomic mass is 32.2. The van der Waals surface area contributed by atoms with Crippen LogP contribution in [0.1, 0.15) is 18.1 Å². The van der Waals surface area contributed by atoms with Gasteiger partial charge in [-0.15, -0.1) is 0 Å². The molecule has 1 aromatic rings. The smallest absolute Gasteiger partial charge is 0.315 e. The number of rotatable bonds is 2. The molecule has 0 saturated heterocycles. The molecule has 1 rings (SSSR count). The summed E-state index contributed by atoms with van der Waals surface area (Å²) in [6.07, 6.45) is 0. The average molecular weight is 196 g/mol. The quantitative estimate of drug-likeness (QED) is 0.680. The van der Waals surface area contributed by atoms with Crippen molar-refractivity contribution in [2.75, 3.05) is 0 Å². The molecule has 2 nitrogen and oxygen atoms in total. The highest BCUT2D eigenvalue weighted by molar-refractivity contribution is 7.95. The Labute approximate surface area is 82.5 Å². The van der Waals surface area contributed by atoms with Gasteiger partial charge in [-0.2, -0.15) is 0 Å². The van der Waals surface area contributed by atoms with Gasteiger partial charge in [-0.3, -0.25) is 4.79 Å². The average Bonchev–Trinajstić information content (AvgIpc) is 1.99. The van der Waals surface area contributed by atoms with Crippen LogP contribution >= 0.6 is 12.0 Å². The molecule has 1 aromatic carbocycles.